The lowest BCUT2D eigenvalue weighted by molar-refractivity contribution is -0.127. The van der Waals surface area contributed by atoms with Crippen molar-refractivity contribution in [1.82, 2.24) is 0 Å². The number of fused-ring (bicyclic) bond motifs is 1. The monoisotopic (exact) mass is 387 g/mol. The number of anilines is 1. The molecule has 1 unspecified atom stereocenters. The molecular weight excluding hydrogens is 358 g/mol. The van der Waals surface area contributed by atoms with E-state index in [0.717, 1.165) is 36.9 Å². The molecule has 0 bridgehead atoms. The van der Waals surface area contributed by atoms with Crippen LogP contribution in [0.15, 0.2) is 28.4 Å². The van der Waals surface area contributed by atoms with Gasteiger partial charge in [0.25, 0.3) is 0 Å². The molecule has 1 aliphatic carbocycles. The van der Waals surface area contributed by atoms with Gasteiger partial charge < -0.3 is 14.4 Å². The lowest BCUT2D eigenvalue weighted by atomic mass is 9.83. The number of ether oxygens (including phenoxy) is 2. The Kier molecular flexibility index (Phi) is 6.57. The number of nitrogens with zero attached hydrogens (tertiary/aromatic N) is 3. The minimum Gasteiger partial charge on any atom is -0.383 e. The lowest BCUT2D eigenvalue weighted by Gasteiger charge is -2.27. The van der Waals surface area contributed by atoms with E-state index in [2.05, 4.69) is 10.2 Å². The second-order valence-corrected chi connectivity index (χ2v) is 7.50. The molecule has 1 saturated carbocycles. The summed E-state index contributed by atoms with van der Waals surface area (Å²) in [7, 11) is 3.17. The van der Waals surface area contributed by atoms with Crippen LogP contribution in [0.4, 0.5) is 11.4 Å². The fraction of sp³-hybridized carbons (Fsp3) is 0.619. The van der Waals surface area contributed by atoms with Crippen LogP contribution < -0.4 is 4.90 Å². The van der Waals surface area contributed by atoms with Crippen molar-refractivity contribution in [3.63, 3.8) is 0 Å². The van der Waals surface area contributed by atoms with E-state index in [-0.39, 0.29) is 30.9 Å². The van der Waals surface area contributed by atoms with Gasteiger partial charge in [-0.1, -0.05) is 12.8 Å². The molecule has 1 aromatic rings. The van der Waals surface area contributed by atoms with E-state index >= 15 is 0 Å². The maximum atomic E-state index is 13.2. The van der Waals surface area contributed by atoms with Gasteiger partial charge in [0.15, 0.2) is 5.78 Å². The average molecular weight is 387 g/mol. The highest BCUT2D eigenvalue weighted by Gasteiger charge is 2.51. The quantitative estimate of drug-likeness (QED) is 0.529. The molecule has 1 heterocycles. The van der Waals surface area contributed by atoms with Gasteiger partial charge in [-0.25, -0.2) is 0 Å². The molecule has 0 saturated heterocycles. The number of methoxy groups -OCH3 is 2. The number of benzene rings is 1. The molecular formula is C21H29N3O4. The summed E-state index contributed by atoms with van der Waals surface area (Å²) in [5, 5.41) is 8.69. The van der Waals surface area contributed by atoms with Gasteiger partial charge in [0, 0.05) is 32.9 Å². The van der Waals surface area contributed by atoms with Crippen molar-refractivity contribution in [3.8, 4) is 0 Å². The van der Waals surface area contributed by atoms with Gasteiger partial charge in [-0.2, -0.15) is 10.2 Å². The SMILES string of the molecule is CCN1C(=O)C(COC)(COC)c2cc(/N=N/C3CCCCCC3=O)ccc21. The standard InChI is InChI=1S/C21H29N3O4/c1-4-24-18-11-10-15(22-23-17-8-6-5-7-9-19(17)25)12-16(18)21(13-27-2,14-28-3)20(24)26/h10-12,17H,4-9,13-14H2,1-3H3/b23-22+. The van der Waals surface area contributed by atoms with E-state index in [1.165, 1.54) is 0 Å². The highest BCUT2D eigenvalue weighted by molar-refractivity contribution is 6.08. The summed E-state index contributed by atoms with van der Waals surface area (Å²) >= 11 is 0. The predicted molar refractivity (Wildman–Crippen MR) is 106 cm³/mol. The van der Waals surface area contributed by atoms with Gasteiger partial charge in [-0.3, -0.25) is 9.59 Å². The topological polar surface area (TPSA) is 80.6 Å². The van der Waals surface area contributed by atoms with Crippen LogP contribution in [-0.2, 0) is 24.5 Å². The van der Waals surface area contributed by atoms with Crippen LogP contribution in [-0.4, -0.2) is 51.7 Å². The molecule has 28 heavy (non-hydrogen) atoms. The number of hydrogen-bond donors (Lipinski definition) is 0. The lowest BCUT2D eigenvalue weighted by Crippen LogP contribution is -2.46. The predicted octanol–water partition coefficient (Wildman–Crippen LogP) is 3.57. The molecule has 1 aromatic carbocycles. The Morgan fingerprint density at radius 2 is 1.89 bits per heavy atom. The third-order valence-electron chi connectivity index (χ3n) is 5.62. The van der Waals surface area contributed by atoms with E-state index in [9.17, 15) is 9.59 Å². The largest absolute Gasteiger partial charge is 0.383 e. The number of likely N-dealkylation sites (N-methyl/N-ethyl adjacent to an activating group) is 1. The summed E-state index contributed by atoms with van der Waals surface area (Å²) < 4.78 is 10.8. The first-order valence-corrected chi connectivity index (χ1v) is 9.95. The van der Waals surface area contributed by atoms with Crippen LogP contribution in [0.3, 0.4) is 0 Å². The van der Waals surface area contributed by atoms with Crippen molar-refractivity contribution >= 4 is 23.1 Å². The molecule has 1 amide bonds. The zero-order chi connectivity index (χ0) is 20.1. The Balaban J connectivity index is 1.95. The Labute approximate surface area is 166 Å². The van der Waals surface area contributed by atoms with Gasteiger partial charge in [-0.15, -0.1) is 0 Å². The molecule has 1 fully saturated rings. The molecule has 0 radical (unpaired) electrons. The van der Waals surface area contributed by atoms with Gasteiger partial charge in [0.1, 0.15) is 11.5 Å². The Bertz CT molecular complexity index is 756. The minimum absolute atomic E-state index is 0.0262. The smallest absolute Gasteiger partial charge is 0.242 e. The number of rotatable bonds is 7. The first kappa shape index (κ1) is 20.6. The van der Waals surface area contributed by atoms with E-state index in [1.807, 2.05) is 25.1 Å². The van der Waals surface area contributed by atoms with E-state index < -0.39 is 5.41 Å². The molecule has 0 aromatic heterocycles. The Morgan fingerprint density at radius 3 is 2.57 bits per heavy atom. The molecule has 7 heteroatoms. The zero-order valence-electron chi connectivity index (χ0n) is 16.9. The Morgan fingerprint density at radius 1 is 1.14 bits per heavy atom. The second-order valence-electron chi connectivity index (χ2n) is 7.50. The number of carbonyl (C=O) groups is 2. The summed E-state index contributed by atoms with van der Waals surface area (Å²) in [6, 6.07) is 5.26. The molecule has 7 nitrogen and oxygen atoms in total. The van der Waals surface area contributed by atoms with Crippen molar-refractivity contribution in [2.75, 3.05) is 38.9 Å². The number of amides is 1. The van der Waals surface area contributed by atoms with E-state index in [4.69, 9.17) is 9.47 Å². The van der Waals surface area contributed by atoms with Gasteiger partial charge >= 0.3 is 0 Å². The molecule has 1 aliphatic heterocycles. The van der Waals surface area contributed by atoms with Crippen LogP contribution in [0.5, 0.6) is 0 Å². The first-order valence-electron chi connectivity index (χ1n) is 9.95. The van der Waals surface area contributed by atoms with Crippen LogP contribution in [0, 0.1) is 0 Å². The number of carbonyl (C=O) groups excluding carboxylic acids is 2. The first-order chi connectivity index (χ1) is 13.6. The van der Waals surface area contributed by atoms with Gasteiger partial charge in [0.05, 0.1) is 18.9 Å². The summed E-state index contributed by atoms with van der Waals surface area (Å²) in [4.78, 5) is 27.1. The van der Waals surface area contributed by atoms with Crippen molar-refractivity contribution in [2.45, 2.75) is 50.5 Å². The number of hydrogen-bond acceptors (Lipinski definition) is 6. The van der Waals surface area contributed by atoms with E-state index in [1.54, 1.807) is 19.1 Å². The van der Waals surface area contributed by atoms with Crippen LogP contribution in [0.25, 0.3) is 0 Å². The molecule has 2 aliphatic rings. The number of ketones is 1. The number of azo groups is 1. The highest BCUT2D eigenvalue weighted by Crippen LogP contribution is 2.44. The summed E-state index contributed by atoms with van der Waals surface area (Å²) in [5.41, 5.74) is 1.44. The van der Waals surface area contributed by atoms with Crippen LogP contribution in [0.2, 0.25) is 0 Å². The third-order valence-corrected chi connectivity index (χ3v) is 5.62. The molecule has 0 spiro atoms. The average Bonchev–Trinajstić information content (AvgIpc) is 2.80. The van der Waals surface area contributed by atoms with Crippen LogP contribution >= 0.6 is 0 Å². The molecule has 152 valence electrons. The summed E-state index contributed by atoms with van der Waals surface area (Å²) in [6.07, 6.45) is 4.35. The molecule has 3 rings (SSSR count). The maximum absolute atomic E-state index is 13.2. The van der Waals surface area contributed by atoms with Crippen molar-refractivity contribution < 1.29 is 19.1 Å². The minimum atomic E-state index is -0.890. The van der Waals surface area contributed by atoms with Gasteiger partial charge in [-0.05, 0) is 43.5 Å². The van der Waals surface area contributed by atoms with Gasteiger partial charge in [0.2, 0.25) is 5.91 Å². The fourth-order valence-electron chi connectivity index (χ4n) is 4.22. The van der Waals surface area contributed by atoms with E-state index in [0.29, 0.717) is 18.7 Å². The Hall–Kier alpha value is -2.12. The second kappa shape index (κ2) is 8.92. The normalized spacial score (nSPS) is 22.0. The molecule has 0 N–H and O–H groups in total. The summed E-state index contributed by atoms with van der Waals surface area (Å²) in [5.74, 6) is 0.143. The van der Waals surface area contributed by atoms with Crippen molar-refractivity contribution in [2.24, 2.45) is 10.2 Å². The highest BCUT2D eigenvalue weighted by atomic mass is 16.5. The van der Waals surface area contributed by atoms with Crippen molar-refractivity contribution in [3.05, 3.63) is 23.8 Å². The van der Waals surface area contributed by atoms with Crippen LogP contribution in [0.1, 0.15) is 44.6 Å². The van der Waals surface area contributed by atoms with Crippen molar-refractivity contribution in [1.29, 1.82) is 0 Å². The fourth-order valence-corrected chi connectivity index (χ4v) is 4.22. The maximum Gasteiger partial charge on any atom is 0.242 e. The number of Topliss-reactive ketones (excluding diaryl/α,β-unsaturated/α-hetero) is 1. The summed E-state index contributed by atoms with van der Waals surface area (Å²) in [6.45, 7) is 2.97. The molecule has 1 atom stereocenters. The zero-order valence-corrected chi connectivity index (χ0v) is 16.9. The third kappa shape index (κ3) is 3.73.